The van der Waals surface area contributed by atoms with E-state index >= 15 is 0 Å². The van der Waals surface area contributed by atoms with Crippen molar-refractivity contribution in [1.82, 2.24) is 0 Å². The molecular formula is C14H18O3. The molecule has 1 aliphatic rings. The zero-order valence-corrected chi connectivity index (χ0v) is 10.8. The first kappa shape index (κ1) is 12.1. The molecule has 0 N–H and O–H groups in total. The number of Topliss-reactive ketones (excluding diaryl/α,β-unsaturated/α-hetero) is 1. The van der Waals surface area contributed by atoms with Crippen LogP contribution < -0.4 is 4.74 Å². The molecule has 0 aromatic heterocycles. The van der Waals surface area contributed by atoms with Crippen LogP contribution in [-0.4, -0.2) is 26.1 Å². The van der Waals surface area contributed by atoms with Gasteiger partial charge in [-0.15, -0.1) is 0 Å². The quantitative estimate of drug-likeness (QED) is 0.804. The molecule has 92 valence electrons. The van der Waals surface area contributed by atoms with Crippen LogP contribution >= 0.6 is 0 Å². The smallest absolute Gasteiger partial charge is 0.145 e. The molecule has 0 atom stereocenters. The third-order valence-electron chi connectivity index (χ3n) is 3.84. The SMILES string of the molecule is COc1ccc(C2(C(C)=O)COC2)c(C)c1C. The van der Waals surface area contributed by atoms with E-state index in [4.69, 9.17) is 9.47 Å². The molecule has 3 heteroatoms. The van der Waals surface area contributed by atoms with Crippen molar-refractivity contribution in [3.63, 3.8) is 0 Å². The molecule has 1 aromatic carbocycles. The minimum Gasteiger partial charge on any atom is -0.496 e. The predicted octanol–water partition coefficient (Wildman–Crippen LogP) is 2.17. The molecule has 0 saturated carbocycles. The summed E-state index contributed by atoms with van der Waals surface area (Å²) in [5.74, 6) is 1.04. The van der Waals surface area contributed by atoms with Gasteiger partial charge in [-0.1, -0.05) is 6.07 Å². The fraction of sp³-hybridized carbons (Fsp3) is 0.500. The summed E-state index contributed by atoms with van der Waals surface area (Å²) >= 11 is 0. The largest absolute Gasteiger partial charge is 0.496 e. The number of hydrogen-bond donors (Lipinski definition) is 0. The number of carbonyl (C=O) groups is 1. The monoisotopic (exact) mass is 234 g/mol. The average Bonchev–Trinajstić information content (AvgIpc) is 2.22. The lowest BCUT2D eigenvalue weighted by Crippen LogP contribution is -2.52. The lowest BCUT2D eigenvalue weighted by Gasteiger charge is -2.41. The van der Waals surface area contributed by atoms with Crippen LogP contribution in [-0.2, 0) is 14.9 Å². The molecule has 1 aliphatic heterocycles. The van der Waals surface area contributed by atoms with Crippen molar-refractivity contribution in [2.24, 2.45) is 0 Å². The Morgan fingerprint density at radius 2 is 1.94 bits per heavy atom. The van der Waals surface area contributed by atoms with Crippen LogP contribution in [0.25, 0.3) is 0 Å². The molecule has 0 bridgehead atoms. The van der Waals surface area contributed by atoms with Crippen LogP contribution in [0.4, 0.5) is 0 Å². The maximum Gasteiger partial charge on any atom is 0.145 e. The maximum absolute atomic E-state index is 11.9. The highest BCUT2D eigenvalue weighted by molar-refractivity contribution is 5.90. The summed E-state index contributed by atoms with van der Waals surface area (Å²) in [7, 11) is 1.66. The van der Waals surface area contributed by atoms with Crippen LogP contribution in [0.5, 0.6) is 5.75 Å². The number of rotatable bonds is 3. The van der Waals surface area contributed by atoms with Gasteiger partial charge in [0.25, 0.3) is 0 Å². The molecule has 3 nitrogen and oxygen atoms in total. The minimum absolute atomic E-state index is 0.177. The van der Waals surface area contributed by atoms with Crippen molar-refractivity contribution in [3.8, 4) is 5.75 Å². The van der Waals surface area contributed by atoms with Gasteiger partial charge in [0.2, 0.25) is 0 Å². The van der Waals surface area contributed by atoms with Gasteiger partial charge in [-0.25, -0.2) is 0 Å². The Labute approximate surface area is 102 Å². The Bertz CT molecular complexity index is 459. The van der Waals surface area contributed by atoms with E-state index < -0.39 is 5.41 Å². The van der Waals surface area contributed by atoms with Gasteiger partial charge >= 0.3 is 0 Å². The Hall–Kier alpha value is -1.35. The van der Waals surface area contributed by atoms with E-state index in [1.54, 1.807) is 14.0 Å². The topological polar surface area (TPSA) is 35.5 Å². The van der Waals surface area contributed by atoms with Crippen molar-refractivity contribution in [2.45, 2.75) is 26.2 Å². The Morgan fingerprint density at radius 3 is 2.35 bits per heavy atom. The molecule has 17 heavy (non-hydrogen) atoms. The van der Waals surface area contributed by atoms with Crippen molar-refractivity contribution in [2.75, 3.05) is 20.3 Å². The van der Waals surface area contributed by atoms with E-state index in [2.05, 4.69) is 0 Å². The zero-order chi connectivity index (χ0) is 12.6. The second-order valence-corrected chi connectivity index (χ2v) is 4.70. The van der Waals surface area contributed by atoms with Crippen LogP contribution in [0, 0.1) is 13.8 Å². The highest BCUT2D eigenvalue weighted by Crippen LogP contribution is 2.38. The summed E-state index contributed by atoms with van der Waals surface area (Å²) in [5, 5.41) is 0. The van der Waals surface area contributed by atoms with Crippen LogP contribution in [0.3, 0.4) is 0 Å². The summed E-state index contributed by atoms with van der Waals surface area (Å²) in [5.41, 5.74) is 2.87. The number of methoxy groups -OCH3 is 1. The number of hydrogen-bond acceptors (Lipinski definition) is 3. The predicted molar refractivity (Wildman–Crippen MR) is 65.6 cm³/mol. The second kappa shape index (κ2) is 4.15. The summed E-state index contributed by atoms with van der Waals surface area (Å²) in [6.07, 6.45) is 0. The molecule has 0 spiro atoms. The molecule has 0 amide bonds. The third-order valence-corrected chi connectivity index (χ3v) is 3.84. The number of ether oxygens (including phenoxy) is 2. The molecule has 1 fully saturated rings. The van der Waals surface area contributed by atoms with Gasteiger partial charge in [-0.3, -0.25) is 4.79 Å². The summed E-state index contributed by atoms with van der Waals surface area (Å²) < 4.78 is 10.5. The number of carbonyl (C=O) groups excluding carboxylic acids is 1. The van der Waals surface area contributed by atoms with Gasteiger partial charge in [-0.2, -0.15) is 0 Å². The summed E-state index contributed by atoms with van der Waals surface area (Å²) in [4.78, 5) is 11.9. The Balaban J connectivity index is 2.53. The standard InChI is InChI=1S/C14H18O3/c1-9-10(2)13(16-4)6-5-12(9)14(11(3)15)7-17-8-14/h5-6H,7-8H2,1-4H3. The number of benzene rings is 1. The lowest BCUT2D eigenvalue weighted by atomic mass is 9.73. The van der Waals surface area contributed by atoms with Gasteiger partial charge in [0.05, 0.1) is 20.3 Å². The molecule has 0 radical (unpaired) electrons. The molecule has 2 rings (SSSR count). The second-order valence-electron chi connectivity index (χ2n) is 4.70. The lowest BCUT2D eigenvalue weighted by molar-refractivity contribution is -0.140. The molecule has 0 aliphatic carbocycles. The first-order valence-corrected chi connectivity index (χ1v) is 5.76. The van der Waals surface area contributed by atoms with Crippen molar-refractivity contribution in [3.05, 3.63) is 28.8 Å². The van der Waals surface area contributed by atoms with Crippen molar-refractivity contribution in [1.29, 1.82) is 0 Å². The van der Waals surface area contributed by atoms with Crippen molar-refractivity contribution < 1.29 is 14.3 Å². The van der Waals surface area contributed by atoms with E-state index in [0.29, 0.717) is 13.2 Å². The third kappa shape index (κ3) is 1.65. The van der Waals surface area contributed by atoms with Gasteiger partial charge in [-0.05, 0) is 43.5 Å². The van der Waals surface area contributed by atoms with Gasteiger partial charge in [0.15, 0.2) is 0 Å². The Kier molecular flexibility index (Phi) is 2.96. The highest BCUT2D eigenvalue weighted by Gasteiger charge is 2.46. The highest BCUT2D eigenvalue weighted by atomic mass is 16.5. The molecule has 1 heterocycles. The van der Waals surface area contributed by atoms with E-state index in [0.717, 1.165) is 22.4 Å². The normalized spacial score (nSPS) is 17.4. The van der Waals surface area contributed by atoms with E-state index in [9.17, 15) is 4.79 Å². The van der Waals surface area contributed by atoms with E-state index in [1.807, 2.05) is 26.0 Å². The summed E-state index contributed by atoms with van der Waals surface area (Å²) in [6.45, 7) is 6.69. The van der Waals surface area contributed by atoms with E-state index in [1.165, 1.54) is 0 Å². The first-order chi connectivity index (χ1) is 8.03. The zero-order valence-electron chi connectivity index (χ0n) is 10.8. The van der Waals surface area contributed by atoms with Gasteiger partial charge in [0, 0.05) is 0 Å². The molecule has 1 aromatic rings. The van der Waals surface area contributed by atoms with Crippen LogP contribution in [0.1, 0.15) is 23.6 Å². The average molecular weight is 234 g/mol. The maximum atomic E-state index is 11.9. The van der Waals surface area contributed by atoms with Crippen LogP contribution in [0.2, 0.25) is 0 Å². The Morgan fingerprint density at radius 1 is 1.29 bits per heavy atom. The van der Waals surface area contributed by atoms with E-state index in [-0.39, 0.29) is 5.78 Å². The van der Waals surface area contributed by atoms with Crippen molar-refractivity contribution >= 4 is 5.78 Å². The molecular weight excluding hydrogens is 216 g/mol. The fourth-order valence-corrected chi connectivity index (χ4v) is 2.39. The fourth-order valence-electron chi connectivity index (χ4n) is 2.39. The number of ketones is 1. The van der Waals surface area contributed by atoms with Gasteiger partial charge in [0.1, 0.15) is 16.9 Å². The minimum atomic E-state index is -0.429. The van der Waals surface area contributed by atoms with Crippen LogP contribution in [0.15, 0.2) is 12.1 Å². The molecule has 1 saturated heterocycles. The first-order valence-electron chi connectivity index (χ1n) is 5.76. The summed E-state index contributed by atoms with van der Waals surface area (Å²) in [6, 6.07) is 3.92. The molecule has 0 unspecified atom stereocenters. The van der Waals surface area contributed by atoms with Gasteiger partial charge < -0.3 is 9.47 Å².